The fourth-order valence-electron chi connectivity index (χ4n) is 1.34. The zero-order chi connectivity index (χ0) is 10.7. The maximum Gasteiger partial charge on any atom is 0.218 e. The molecular weight excluding hydrogens is 192 g/mol. The average molecular weight is 202 g/mol. The topological polar surface area (TPSA) is 83.5 Å². The fraction of sp³-hybridized carbons (Fsp3) is 0. The highest BCUT2D eigenvalue weighted by Gasteiger charge is 1.99. The summed E-state index contributed by atoms with van der Waals surface area (Å²) >= 11 is 0. The first-order chi connectivity index (χ1) is 7.31. The highest BCUT2D eigenvalue weighted by molar-refractivity contribution is 5.93. The third-order valence-corrected chi connectivity index (χ3v) is 1.98. The van der Waals surface area contributed by atoms with E-state index in [1.807, 2.05) is 24.3 Å². The van der Waals surface area contributed by atoms with E-state index in [0.717, 1.165) is 10.9 Å². The predicted octanol–water partition coefficient (Wildman–Crippen LogP) is 1.16. The molecule has 0 saturated carbocycles. The highest BCUT2D eigenvalue weighted by atomic mass is 16.5. The van der Waals surface area contributed by atoms with Crippen LogP contribution in [0.2, 0.25) is 0 Å². The van der Waals surface area contributed by atoms with Crippen molar-refractivity contribution in [2.45, 2.75) is 0 Å². The number of hydrogen-bond donors (Lipinski definition) is 3. The molecule has 76 valence electrons. The number of nitrogens with two attached hydrogens (primary N) is 1. The number of aromatic nitrogens is 1. The minimum atomic E-state index is -0.0497. The molecule has 1 aromatic heterocycles. The van der Waals surface area contributed by atoms with Crippen molar-refractivity contribution in [3.8, 4) is 0 Å². The van der Waals surface area contributed by atoms with Crippen LogP contribution in [0.1, 0.15) is 0 Å². The summed E-state index contributed by atoms with van der Waals surface area (Å²) in [5.74, 6) is -0.0497. The SMILES string of the molecule is NC(=Nc1cccc2ncccc12)NO. The van der Waals surface area contributed by atoms with E-state index in [1.54, 1.807) is 17.7 Å². The van der Waals surface area contributed by atoms with Crippen LogP contribution in [0.15, 0.2) is 41.5 Å². The van der Waals surface area contributed by atoms with Crippen LogP contribution >= 0.6 is 0 Å². The number of guanidine groups is 1. The maximum absolute atomic E-state index is 8.55. The van der Waals surface area contributed by atoms with Crippen LogP contribution in [0.5, 0.6) is 0 Å². The van der Waals surface area contributed by atoms with Crippen molar-refractivity contribution in [1.29, 1.82) is 0 Å². The van der Waals surface area contributed by atoms with Crippen molar-refractivity contribution in [3.63, 3.8) is 0 Å². The number of benzene rings is 1. The minimum absolute atomic E-state index is 0.0497. The van der Waals surface area contributed by atoms with Crippen molar-refractivity contribution in [3.05, 3.63) is 36.5 Å². The number of rotatable bonds is 1. The Morgan fingerprint density at radius 1 is 1.33 bits per heavy atom. The Balaban J connectivity index is 2.61. The summed E-state index contributed by atoms with van der Waals surface area (Å²) in [7, 11) is 0. The van der Waals surface area contributed by atoms with Gasteiger partial charge in [0.05, 0.1) is 11.2 Å². The van der Waals surface area contributed by atoms with Gasteiger partial charge in [-0.15, -0.1) is 0 Å². The number of hydrogen-bond acceptors (Lipinski definition) is 3. The first-order valence-electron chi connectivity index (χ1n) is 4.39. The van der Waals surface area contributed by atoms with Gasteiger partial charge in [-0.05, 0) is 24.3 Å². The van der Waals surface area contributed by atoms with Gasteiger partial charge in [-0.3, -0.25) is 10.2 Å². The highest BCUT2D eigenvalue weighted by Crippen LogP contribution is 2.23. The molecule has 2 rings (SSSR count). The van der Waals surface area contributed by atoms with Crippen molar-refractivity contribution in [1.82, 2.24) is 10.5 Å². The van der Waals surface area contributed by atoms with Gasteiger partial charge in [0.15, 0.2) is 0 Å². The lowest BCUT2D eigenvalue weighted by Crippen LogP contribution is -2.27. The summed E-state index contributed by atoms with van der Waals surface area (Å²) in [6.45, 7) is 0. The first-order valence-corrected chi connectivity index (χ1v) is 4.39. The van der Waals surface area contributed by atoms with Gasteiger partial charge in [0, 0.05) is 11.6 Å². The normalized spacial score (nSPS) is 11.7. The molecule has 0 bridgehead atoms. The lowest BCUT2D eigenvalue weighted by molar-refractivity contribution is 0.233. The van der Waals surface area contributed by atoms with Gasteiger partial charge in [0.25, 0.3) is 0 Å². The molecule has 0 aliphatic rings. The van der Waals surface area contributed by atoms with E-state index in [1.165, 1.54) is 0 Å². The standard InChI is InChI=1S/C10H10N4O/c11-10(14-15)13-9-5-1-4-8-7(9)3-2-6-12-8/h1-6,15H,(H3,11,13,14). The van der Waals surface area contributed by atoms with Crippen molar-refractivity contribution in [2.75, 3.05) is 0 Å². The molecule has 1 heterocycles. The van der Waals surface area contributed by atoms with Crippen LogP contribution < -0.4 is 11.2 Å². The van der Waals surface area contributed by atoms with Crippen LogP contribution in [0.4, 0.5) is 5.69 Å². The number of pyridine rings is 1. The van der Waals surface area contributed by atoms with E-state index in [0.29, 0.717) is 5.69 Å². The summed E-state index contributed by atoms with van der Waals surface area (Å²) in [5.41, 5.74) is 8.65. The van der Waals surface area contributed by atoms with Crippen molar-refractivity contribution in [2.24, 2.45) is 10.7 Å². The van der Waals surface area contributed by atoms with Gasteiger partial charge >= 0.3 is 0 Å². The molecule has 0 aliphatic heterocycles. The molecule has 0 saturated heterocycles. The molecule has 0 fully saturated rings. The van der Waals surface area contributed by atoms with Crippen LogP contribution in [0, 0.1) is 0 Å². The van der Waals surface area contributed by atoms with Crippen LogP contribution in [0.25, 0.3) is 10.9 Å². The number of nitrogens with zero attached hydrogens (tertiary/aromatic N) is 2. The second-order valence-corrected chi connectivity index (χ2v) is 2.96. The van der Waals surface area contributed by atoms with Crippen molar-refractivity contribution >= 4 is 22.5 Å². The monoisotopic (exact) mass is 202 g/mol. The smallest absolute Gasteiger partial charge is 0.218 e. The molecule has 0 unspecified atom stereocenters. The number of hydroxylamine groups is 1. The Morgan fingerprint density at radius 3 is 3.00 bits per heavy atom. The molecule has 5 nitrogen and oxygen atoms in total. The Hall–Kier alpha value is -2.14. The van der Waals surface area contributed by atoms with E-state index in [9.17, 15) is 0 Å². The van der Waals surface area contributed by atoms with Crippen molar-refractivity contribution < 1.29 is 5.21 Å². The zero-order valence-corrected chi connectivity index (χ0v) is 7.88. The molecule has 0 atom stereocenters. The average Bonchev–Trinajstić information content (AvgIpc) is 2.29. The Labute approximate surface area is 86.2 Å². The molecule has 0 radical (unpaired) electrons. The molecule has 4 N–H and O–H groups in total. The summed E-state index contributed by atoms with van der Waals surface area (Å²) in [6.07, 6.45) is 1.71. The van der Waals surface area contributed by atoms with Gasteiger partial charge in [0.2, 0.25) is 5.96 Å². The largest absolute Gasteiger partial charge is 0.368 e. The molecule has 2 aromatic rings. The maximum atomic E-state index is 8.55. The quantitative estimate of drug-likeness (QED) is 0.368. The molecule has 5 heteroatoms. The third-order valence-electron chi connectivity index (χ3n) is 1.98. The Bertz CT molecular complexity index is 504. The van der Waals surface area contributed by atoms with E-state index in [4.69, 9.17) is 10.9 Å². The number of aliphatic imine (C=N–C) groups is 1. The predicted molar refractivity (Wildman–Crippen MR) is 57.9 cm³/mol. The van der Waals surface area contributed by atoms with Crippen LogP contribution in [0.3, 0.4) is 0 Å². The van der Waals surface area contributed by atoms with E-state index < -0.39 is 0 Å². The van der Waals surface area contributed by atoms with Gasteiger partial charge < -0.3 is 5.73 Å². The van der Waals surface area contributed by atoms with E-state index in [2.05, 4.69) is 9.98 Å². The molecule has 15 heavy (non-hydrogen) atoms. The van der Waals surface area contributed by atoms with Crippen LogP contribution in [-0.4, -0.2) is 16.2 Å². The lowest BCUT2D eigenvalue weighted by Gasteiger charge is -2.01. The number of fused-ring (bicyclic) bond motifs is 1. The summed E-state index contributed by atoms with van der Waals surface area (Å²) in [6, 6.07) is 9.24. The molecule has 0 aliphatic carbocycles. The second-order valence-electron chi connectivity index (χ2n) is 2.96. The first kappa shape index (κ1) is 9.42. The summed E-state index contributed by atoms with van der Waals surface area (Å²) in [5, 5.41) is 9.43. The Morgan fingerprint density at radius 2 is 2.20 bits per heavy atom. The minimum Gasteiger partial charge on any atom is -0.368 e. The molecule has 0 spiro atoms. The third kappa shape index (κ3) is 1.87. The van der Waals surface area contributed by atoms with Gasteiger partial charge in [-0.2, -0.15) is 0 Å². The van der Waals surface area contributed by atoms with Gasteiger partial charge in [-0.25, -0.2) is 10.5 Å². The number of nitrogens with one attached hydrogen (secondary N) is 1. The lowest BCUT2D eigenvalue weighted by atomic mass is 10.2. The van der Waals surface area contributed by atoms with E-state index >= 15 is 0 Å². The van der Waals surface area contributed by atoms with Gasteiger partial charge in [0.1, 0.15) is 0 Å². The van der Waals surface area contributed by atoms with Crippen LogP contribution in [-0.2, 0) is 0 Å². The molecule has 1 aromatic carbocycles. The fourth-order valence-corrected chi connectivity index (χ4v) is 1.34. The second kappa shape index (κ2) is 3.93. The molecule has 0 amide bonds. The zero-order valence-electron chi connectivity index (χ0n) is 7.88. The summed E-state index contributed by atoms with van der Waals surface area (Å²) in [4.78, 5) is 8.18. The molecular formula is C10H10N4O. The van der Waals surface area contributed by atoms with E-state index in [-0.39, 0.29) is 5.96 Å². The Kier molecular flexibility index (Phi) is 2.47. The summed E-state index contributed by atoms with van der Waals surface area (Å²) < 4.78 is 0. The van der Waals surface area contributed by atoms with Gasteiger partial charge in [-0.1, -0.05) is 6.07 Å².